The van der Waals surface area contributed by atoms with E-state index in [0.29, 0.717) is 16.6 Å². The number of amides is 1. The Bertz CT molecular complexity index is 1000. The monoisotopic (exact) mass is 483 g/mol. The van der Waals surface area contributed by atoms with Crippen molar-refractivity contribution in [1.82, 2.24) is 10.2 Å². The third-order valence-electron chi connectivity index (χ3n) is 5.16. The first-order valence-corrected chi connectivity index (χ1v) is 12.8. The van der Waals surface area contributed by atoms with E-state index in [-0.39, 0.29) is 12.2 Å². The fraction of sp³-hybridized carbons (Fsp3) is 0.409. The highest BCUT2D eigenvalue weighted by Gasteiger charge is 2.21. The van der Waals surface area contributed by atoms with Crippen LogP contribution in [0.15, 0.2) is 42.5 Å². The topological polar surface area (TPSA) is 69.7 Å². The third kappa shape index (κ3) is 7.38. The van der Waals surface area contributed by atoms with Gasteiger partial charge in [0, 0.05) is 23.1 Å². The van der Waals surface area contributed by atoms with E-state index in [2.05, 4.69) is 22.3 Å². The van der Waals surface area contributed by atoms with Crippen molar-refractivity contribution in [3.05, 3.63) is 63.6 Å². The molecule has 2 aromatic rings. The van der Waals surface area contributed by atoms with E-state index in [0.717, 1.165) is 35.8 Å². The lowest BCUT2D eigenvalue weighted by Gasteiger charge is -2.26. The molecule has 168 valence electrons. The molecular formula is C22H27Cl2N3O3S. The van der Waals surface area contributed by atoms with Crippen LogP contribution in [0.3, 0.4) is 0 Å². The van der Waals surface area contributed by atoms with Crippen molar-refractivity contribution in [2.75, 3.05) is 30.2 Å². The average Bonchev–Trinajstić information content (AvgIpc) is 2.70. The van der Waals surface area contributed by atoms with Gasteiger partial charge in [0.25, 0.3) is 0 Å². The molecule has 0 saturated carbocycles. The van der Waals surface area contributed by atoms with Gasteiger partial charge >= 0.3 is 0 Å². The number of benzene rings is 2. The standard InChI is InChI=1S/C22H27Cl2N3O3S/c1-31(29,30)27(21-12-19(23)11-20(24)13-21)16-22(28)25-14-17-6-5-7-18(10-17)15-26-8-3-2-4-9-26/h5-7,10-13H,2-4,8-9,14-16H2,1H3,(H,25,28). The number of carbonyl (C=O) groups excluding carboxylic acids is 1. The first-order chi connectivity index (χ1) is 14.7. The summed E-state index contributed by atoms with van der Waals surface area (Å²) in [4.78, 5) is 15.0. The normalized spacial score (nSPS) is 14.9. The number of rotatable bonds is 8. The van der Waals surface area contributed by atoms with Crippen LogP contribution in [-0.2, 0) is 27.9 Å². The second-order valence-corrected chi connectivity index (χ2v) is 10.6. The van der Waals surface area contributed by atoms with Crippen LogP contribution in [0.25, 0.3) is 0 Å². The number of hydrogen-bond donors (Lipinski definition) is 1. The van der Waals surface area contributed by atoms with Crippen molar-refractivity contribution in [2.45, 2.75) is 32.4 Å². The molecule has 0 radical (unpaired) electrons. The van der Waals surface area contributed by atoms with Gasteiger partial charge in [-0.1, -0.05) is 53.9 Å². The Kier molecular flexibility index (Phi) is 8.22. The molecule has 0 unspecified atom stereocenters. The predicted molar refractivity (Wildman–Crippen MR) is 126 cm³/mol. The van der Waals surface area contributed by atoms with Crippen LogP contribution in [-0.4, -0.2) is 45.1 Å². The van der Waals surface area contributed by atoms with Crippen molar-refractivity contribution in [1.29, 1.82) is 0 Å². The summed E-state index contributed by atoms with van der Waals surface area (Å²) >= 11 is 12.0. The molecule has 1 heterocycles. The summed E-state index contributed by atoms with van der Waals surface area (Å²) in [6, 6.07) is 12.5. The largest absolute Gasteiger partial charge is 0.350 e. The molecule has 31 heavy (non-hydrogen) atoms. The molecule has 1 aliphatic heterocycles. The lowest BCUT2D eigenvalue weighted by Crippen LogP contribution is -2.40. The van der Waals surface area contributed by atoms with Gasteiger partial charge < -0.3 is 5.32 Å². The highest BCUT2D eigenvalue weighted by atomic mass is 35.5. The summed E-state index contributed by atoms with van der Waals surface area (Å²) in [7, 11) is -3.70. The number of halogens is 2. The minimum atomic E-state index is -3.70. The number of anilines is 1. The fourth-order valence-corrected chi connectivity index (χ4v) is 5.04. The van der Waals surface area contributed by atoms with E-state index < -0.39 is 15.9 Å². The van der Waals surface area contributed by atoms with Gasteiger partial charge in [-0.3, -0.25) is 14.0 Å². The van der Waals surface area contributed by atoms with Gasteiger partial charge in [0.05, 0.1) is 11.9 Å². The summed E-state index contributed by atoms with van der Waals surface area (Å²) in [5.74, 6) is -0.414. The SMILES string of the molecule is CS(=O)(=O)N(CC(=O)NCc1cccc(CN2CCCCC2)c1)c1cc(Cl)cc(Cl)c1. The predicted octanol–water partition coefficient (Wildman–Crippen LogP) is 4.06. The molecule has 9 heteroatoms. The van der Waals surface area contributed by atoms with Gasteiger partial charge in [-0.2, -0.15) is 0 Å². The van der Waals surface area contributed by atoms with E-state index in [9.17, 15) is 13.2 Å². The highest BCUT2D eigenvalue weighted by Crippen LogP contribution is 2.26. The van der Waals surface area contributed by atoms with E-state index in [1.165, 1.54) is 43.0 Å². The fourth-order valence-electron chi connectivity index (χ4n) is 3.68. The van der Waals surface area contributed by atoms with Gasteiger partial charge in [0.1, 0.15) is 6.54 Å². The summed E-state index contributed by atoms with van der Waals surface area (Å²) in [5, 5.41) is 3.39. The maximum absolute atomic E-state index is 12.5. The average molecular weight is 484 g/mol. The second-order valence-electron chi connectivity index (χ2n) is 7.83. The molecule has 1 aliphatic rings. The van der Waals surface area contributed by atoms with Crippen LogP contribution >= 0.6 is 23.2 Å². The Morgan fingerprint density at radius 2 is 1.68 bits per heavy atom. The van der Waals surface area contributed by atoms with Crippen molar-refractivity contribution < 1.29 is 13.2 Å². The number of hydrogen-bond acceptors (Lipinski definition) is 4. The second kappa shape index (κ2) is 10.7. The van der Waals surface area contributed by atoms with Crippen LogP contribution in [0.2, 0.25) is 10.0 Å². The van der Waals surface area contributed by atoms with Crippen molar-refractivity contribution in [3.8, 4) is 0 Å². The number of likely N-dealkylation sites (tertiary alicyclic amines) is 1. The van der Waals surface area contributed by atoms with Crippen LogP contribution in [0.4, 0.5) is 5.69 Å². The Morgan fingerprint density at radius 1 is 1.03 bits per heavy atom. The molecule has 1 fully saturated rings. The number of sulfonamides is 1. The third-order valence-corrected chi connectivity index (χ3v) is 6.74. The molecule has 0 aromatic heterocycles. The van der Waals surface area contributed by atoms with E-state index in [1.807, 2.05) is 12.1 Å². The van der Waals surface area contributed by atoms with E-state index >= 15 is 0 Å². The zero-order valence-electron chi connectivity index (χ0n) is 17.5. The van der Waals surface area contributed by atoms with Gasteiger partial charge in [-0.05, 0) is 55.3 Å². The molecule has 6 nitrogen and oxygen atoms in total. The lowest BCUT2D eigenvalue weighted by atomic mass is 10.1. The molecule has 1 amide bonds. The van der Waals surface area contributed by atoms with Gasteiger partial charge in [-0.15, -0.1) is 0 Å². The Morgan fingerprint density at radius 3 is 2.32 bits per heavy atom. The minimum absolute atomic E-state index is 0.249. The minimum Gasteiger partial charge on any atom is -0.350 e. The van der Waals surface area contributed by atoms with Gasteiger partial charge in [-0.25, -0.2) is 8.42 Å². The smallest absolute Gasteiger partial charge is 0.241 e. The van der Waals surface area contributed by atoms with Gasteiger partial charge in [0.15, 0.2) is 0 Å². The molecular weight excluding hydrogens is 457 g/mol. The summed E-state index contributed by atoms with van der Waals surface area (Å²) in [6.07, 6.45) is 4.82. The quantitative estimate of drug-likeness (QED) is 0.614. The molecule has 3 rings (SSSR count). The van der Waals surface area contributed by atoms with Gasteiger partial charge in [0.2, 0.25) is 15.9 Å². The molecule has 0 spiro atoms. The number of carbonyl (C=O) groups is 1. The maximum Gasteiger partial charge on any atom is 0.241 e. The molecule has 0 bridgehead atoms. The van der Waals surface area contributed by atoms with E-state index in [1.54, 1.807) is 0 Å². The highest BCUT2D eigenvalue weighted by molar-refractivity contribution is 7.92. The summed E-state index contributed by atoms with van der Waals surface area (Å²) in [5.41, 5.74) is 2.43. The molecule has 1 N–H and O–H groups in total. The van der Waals surface area contributed by atoms with Crippen molar-refractivity contribution in [3.63, 3.8) is 0 Å². The van der Waals surface area contributed by atoms with Crippen LogP contribution < -0.4 is 9.62 Å². The first-order valence-electron chi connectivity index (χ1n) is 10.2. The zero-order valence-corrected chi connectivity index (χ0v) is 19.8. The molecule has 1 saturated heterocycles. The van der Waals surface area contributed by atoms with Crippen LogP contribution in [0, 0.1) is 0 Å². The Hall–Kier alpha value is -1.80. The van der Waals surface area contributed by atoms with E-state index in [4.69, 9.17) is 23.2 Å². The summed E-state index contributed by atoms with van der Waals surface area (Å²) in [6.45, 7) is 3.11. The van der Waals surface area contributed by atoms with Crippen LogP contribution in [0.5, 0.6) is 0 Å². The van der Waals surface area contributed by atoms with Crippen molar-refractivity contribution >= 4 is 44.8 Å². The molecule has 0 aliphatic carbocycles. The number of nitrogens with one attached hydrogen (secondary N) is 1. The molecule has 0 atom stereocenters. The Labute approximate surface area is 194 Å². The first kappa shape index (κ1) is 23.9. The molecule has 2 aromatic carbocycles. The summed E-state index contributed by atoms with van der Waals surface area (Å²) < 4.78 is 25.5. The zero-order chi connectivity index (χ0) is 22.4. The number of piperidine rings is 1. The van der Waals surface area contributed by atoms with Crippen LogP contribution in [0.1, 0.15) is 30.4 Å². The van der Waals surface area contributed by atoms with Crippen molar-refractivity contribution in [2.24, 2.45) is 0 Å². The Balaban J connectivity index is 1.62. The number of nitrogens with zero attached hydrogens (tertiary/aromatic N) is 2. The lowest BCUT2D eigenvalue weighted by molar-refractivity contribution is -0.119. The maximum atomic E-state index is 12.5.